The molecule has 1 aliphatic heterocycles. The van der Waals surface area contributed by atoms with Crippen LogP contribution in [0.3, 0.4) is 0 Å². The van der Waals surface area contributed by atoms with E-state index in [1.807, 2.05) is 6.92 Å². The SMILES string of the molecule is CCc1nc(CN(Cc2ccsc2)[C@@H]2CC23CCNCC3)no1. The molecule has 3 heterocycles. The van der Waals surface area contributed by atoms with Gasteiger partial charge in [-0.15, -0.1) is 0 Å². The van der Waals surface area contributed by atoms with E-state index < -0.39 is 0 Å². The maximum absolute atomic E-state index is 5.29. The van der Waals surface area contributed by atoms with Crippen molar-refractivity contribution in [1.29, 1.82) is 0 Å². The third kappa shape index (κ3) is 3.20. The summed E-state index contributed by atoms with van der Waals surface area (Å²) in [6.45, 7) is 6.14. The van der Waals surface area contributed by atoms with Crippen molar-refractivity contribution in [2.75, 3.05) is 13.1 Å². The van der Waals surface area contributed by atoms with E-state index in [9.17, 15) is 0 Å². The molecule has 23 heavy (non-hydrogen) atoms. The second kappa shape index (κ2) is 6.34. The molecule has 0 radical (unpaired) electrons. The Morgan fingerprint density at radius 3 is 2.96 bits per heavy atom. The summed E-state index contributed by atoms with van der Waals surface area (Å²) in [6.07, 6.45) is 4.71. The second-order valence-electron chi connectivity index (χ2n) is 6.83. The molecule has 0 bridgehead atoms. The quantitative estimate of drug-likeness (QED) is 0.881. The molecule has 4 rings (SSSR count). The topological polar surface area (TPSA) is 54.2 Å². The van der Waals surface area contributed by atoms with Crippen molar-refractivity contribution in [2.24, 2.45) is 5.41 Å². The lowest BCUT2D eigenvalue weighted by atomic mass is 9.93. The summed E-state index contributed by atoms with van der Waals surface area (Å²) < 4.78 is 5.29. The molecule has 2 aliphatic rings. The van der Waals surface area contributed by atoms with Crippen molar-refractivity contribution in [3.05, 3.63) is 34.1 Å². The summed E-state index contributed by atoms with van der Waals surface area (Å²) in [4.78, 5) is 7.08. The van der Waals surface area contributed by atoms with Crippen LogP contribution in [0.2, 0.25) is 0 Å². The molecule has 1 spiro atoms. The molecule has 2 aromatic heterocycles. The molecular weight excluding hydrogens is 308 g/mol. The summed E-state index contributed by atoms with van der Waals surface area (Å²) in [5.74, 6) is 1.57. The predicted molar refractivity (Wildman–Crippen MR) is 90.2 cm³/mol. The second-order valence-corrected chi connectivity index (χ2v) is 7.61. The average Bonchev–Trinajstić information content (AvgIpc) is 2.99. The fourth-order valence-corrected chi connectivity index (χ4v) is 4.54. The number of thiophene rings is 1. The summed E-state index contributed by atoms with van der Waals surface area (Å²) in [5.41, 5.74) is 1.92. The highest BCUT2D eigenvalue weighted by molar-refractivity contribution is 7.07. The average molecular weight is 332 g/mol. The third-order valence-corrected chi connectivity index (χ3v) is 6.04. The van der Waals surface area contributed by atoms with Crippen LogP contribution in [-0.2, 0) is 19.5 Å². The molecule has 124 valence electrons. The summed E-state index contributed by atoms with van der Waals surface area (Å²) in [6, 6.07) is 2.89. The molecule has 1 atom stereocenters. The lowest BCUT2D eigenvalue weighted by molar-refractivity contribution is 0.182. The minimum Gasteiger partial charge on any atom is -0.339 e. The van der Waals surface area contributed by atoms with E-state index in [1.54, 1.807) is 11.3 Å². The Kier molecular flexibility index (Phi) is 4.22. The van der Waals surface area contributed by atoms with E-state index in [-0.39, 0.29) is 0 Å². The lowest BCUT2D eigenvalue weighted by Crippen LogP contribution is -2.35. The number of piperidine rings is 1. The molecule has 1 aliphatic carbocycles. The third-order valence-electron chi connectivity index (χ3n) is 5.31. The largest absolute Gasteiger partial charge is 0.339 e. The van der Waals surface area contributed by atoms with Crippen molar-refractivity contribution in [3.63, 3.8) is 0 Å². The van der Waals surface area contributed by atoms with Crippen molar-refractivity contribution >= 4 is 11.3 Å². The van der Waals surface area contributed by atoms with Gasteiger partial charge in [0.2, 0.25) is 5.89 Å². The number of nitrogens with zero attached hydrogens (tertiary/aromatic N) is 3. The summed E-state index contributed by atoms with van der Waals surface area (Å²) in [5, 5.41) is 12.1. The minimum absolute atomic E-state index is 0.526. The monoisotopic (exact) mass is 332 g/mol. The Labute approximate surface area is 141 Å². The van der Waals surface area contributed by atoms with Crippen LogP contribution >= 0.6 is 11.3 Å². The first-order valence-electron chi connectivity index (χ1n) is 8.56. The zero-order chi connectivity index (χ0) is 15.7. The van der Waals surface area contributed by atoms with E-state index in [1.165, 1.54) is 24.8 Å². The van der Waals surface area contributed by atoms with Crippen LogP contribution in [0.15, 0.2) is 21.3 Å². The zero-order valence-corrected chi connectivity index (χ0v) is 14.4. The van der Waals surface area contributed by atoms with Crippen LogP contribution < -0.4 is 5.32 Å². The highest BCUT2D eigenvalue weighted by atomic mass is 32.1. The molecule has 0 unspecified atom stereocenters. The van der Waals surface area contributed by atoms with Gasteiger partial charge in [-0.3, -0.25) is 4.90 Å². The van der Waals surface area contributed by atoms with Gasteiger partial charge in [0, 0.05) is 19.0 Å². The molecule has 1 N–H and O–H groups in total. The Morgan fingerprint density at radius 1 is 1.39 bits per heavy atom. The van der Waals surface area contributed by atoms with Gasteiger partial charge in [-0.2, -0.15) is 16.3 Å². The number of aryl methyl sites for hydroxylation is 1. The Morgan fingerprint density at radius 2 is 2.26 bits per heavy atom. The molecule has 1 saturated heterocycles. The van der Waals surface area contributed by atoms with Crippen LogP contribution in [0, 0.1) is 5.41 Å². The van der Waals surface area contributed by atoms with Crippen molar-refractivity contribution in [2.45, 2.75) is 51.7 Å². The Balaban J connectivity index is 1.49. The highest BCUT2D eigenvalue weighted by Crippen LogP contribution is 2.56. The first-order chi connectivity index (χ1) is 11.3. The van der Waals surface area contributed by atoms with E-state index >= 15 is 0 Å². The first-order valence-corrected chi connectivity index (χ1v) is 9.51. The van der Waals surface area contributed by atoms with Gasteiger partial charge in [-0.05, 0) is 60.2 Å². The Bertz CT molecular complexity index is 633. The molecule has 0 amide bonds. The molecular formula is C17H24N4OS. The van der Waals surface area contributed by atoms with Gasteiger partial charge in [0.1, 0.15) is 0 Å². The summed E-state index contributed by atoms with van der Waals surface area (Å²) >= 11 is 1.77. The first kappa shape index (κ1) is 15.3. The molecule has 0 aromatic carbocycles. The maximum Gasteiger partial charge on any atom is 0.226 e. The van der Waals surface area contributed by atoms with E-state index in [0.717, 1.165) is 44.3 Å². The fourth-order valence-electron chi connectivity index (χ4n) is 3.88. The molecule has 1 saturated carbocycles. The van der Waals surface area contributed by atoms with Crippen LogP contribution in [0.1, 0.15) is 43.5 Å². The smallest absolute Gasteiger partial charge is 0.226 e. The van der Waals surface area contributed by atoms with Crippen LogP contribution in [0.25, 0.3) is 0 Å². The van der Waals surface area contributed by atoms with Gasteiger partial charge in [0.05, 0.1) is 6.54 Å². The number of hydrogen-bond donors (Lipinski definition) is 1. The van der Waals surface area contributed by atoms with Crippen LogP contribution in [0.4, 0.5) is 0 Å². The highest BCUT2D eigenvalue weighted by Gasteiger charge is 2.56. The van der Waals surface area contributed by atoms with E-state index in [4.69, 9.17) is 4.52 Å². The number of aromatic nitrogens is 2. The van der Waals surface area contributed by atoms with Gasteiger partial charge in [-0.1, -0.05) is 12.1 Å². The van der Waals surface area contributed by atoms with Gasteiger partial charge < -0.3 is 9.84 Å². The molecule has 5 nitrogen and oxygen atoms in total. The minimum atomic E-state index is 0.526. The number of rotatable bonds is 6. The Hall–Kier alpha value is -1.24. The predicted octanol–water partition coefficient (Wildman–Crippen LogP) is 2.84. The van der Waals surface area contributed by atoms with Gasteiger partial charge in [0.25, 0.3) is 0 Å². The normalized spacial score (nSPS) is 22.8. The summed E-state index contributed by atoms with van der Waals surface area (Å²) in [7, 11) is 0. The van der Waals surface area contributed by atoms with Gasteiger partial charge in [-0.25, -0.2) is 0 Å². The van der Waals surface area contributed by atoms with Crippen LogP contribution in [0.5, 0.6) is 0 Å². The van der Waals surface area contributed by atoms with Crippen LogP contribution in [-0.4, -0.2) is 34.2 Å². The van der Waals surface area contributed by atoms with Crippen molar-refractivity contribution < 1.29 is 4.52 Å². The maximum atomic E-state index is 5.29. The van der Waals surface area contributed by atoms with Crippen molar-refractivity contribution in [1.82, 2.24) is 20.4 Å². The fraction of sp³-hybridized carbons (Fsp3) is 0.647. The molecule has 6 heteroatoms. The zero-order valence-electron chi connectivity index (χ0n) is 13.6. The standard InChI is InChI=1S/C17H24N4OS/c1-2-16-19-15(20-22-16)11-21(10-13-3-8-23-12-13)14-9-17(14)4-6-18-7-5-17/h3,8,12,14,18H,2,4-7,9-11H2,1H3/t14-/m1/s1. The van der Waals surface area contributed by atoms with E-state index in [2.05, 4.69) is 37.2 Å². The lowest BCUT2D eigenvalue weighted by Gasteiger charge is -2.28. The van der Waals surface area contributed by atoms with Gasteiger partial charge >= 0.3 is 0 Å². The number of hydrogen-bond acceptors (Lipinski definition) is 6. The van der Waals surface area contributed by atoms with Crippen molar-refractivity contribution in [3.8, 4) is 0 Å². The molecule has 2 fully saturated rings. The van der Waals surface area contributed by atoms with Gasteiger partial charge in [0.15, 0.2) is 5.82 Å². The number of nitrogens with one attached hydrogen (secondary N) is 1. The van der Waals surface area contributed by atoms with E-state index in [0.29, 0.717) is 11.5 Å². The molecule has 2 aromatic rings.